The topological polar surface area (TPSA) is 76.9 Å². The minimum atomic E-state index is -1.27. The SMILES string of the molecule is COCCn1cc(-c2cc3ncccc3c(NC[C@]3(F)CCCNC3)n2)cn1. The molecule has 148 valence electrons. The number of hydrogen-bond donors (Lipinski definition) is 2. The van der Waals surface area contributed by atoms with Gasteiger partial charge < -0.3 is 15.4 Å². The number of nitrogens with zero attached hydrogens (tertiary/aromatic N) is 4. The van der Waals surface area contributed by atoms with Gasteiger partial charge in [-0.25, -0.2) is 9.37 Å². The largest absolute Gasteiger partial charge is 0.383 e. The molecule has 0 aliphatic carbocycles. The van der Waals surface area contributed by atoms with Crippen LogP contribution in [0.4, 0.5) is 10.2 Å². The van der Waals surface area contributed by atoms with E-state index in [4.69, 9.17) is 9.72 Å². The van der Waals surface area contributed by atoms with E-state index in [9.17, 15) is 0 Å². The summed E-state index contributed by atoms with van der Waals surface area (Å²) >= 11 is 0. The van der Waals surface area contributed by atoms with Crippen molar-refractivity contribution in [1.29, 1.82) is 0 Å². The van der Waals surface area contributed by atoms with Crippen LogP contribution in [0.25, 0.3) is 22.2 Å². The number of anilines is 1. The average molecular weight is 384 g/mol. The molecule has 0 aromatic carbocycles. The molecule has 3 aromatic rings. The fourth-order valence-corrected chi connectivity index (χ4v) is 3.48. The molecule has 1 atom stereocenters. The number of fused-ring (bicyclic) bond motifs is 1. The molecule has 0 spiro atoms. The molecule has 0 saturated carbocycles. The molecule has 1 fully saturated rings. The van der Waals surface area contributed by atoms with E-state index in [0.29, 0.717) is 31.9 Å². The van der Waals surface area contributed by atoms with E-state index in [1.807, 2.05) is 29.1 Å². The second-order valence-corrected chi connectivity index (χ2v) is 7.20. The molecular formula is C20H25FN6O. The number of hydrogen-bond acceptors (Lipinski definition) is 6. The third-order valence-electron chi connectivity index (χ3n) is 5.05. The predicted octanol–water partition coefficient (Wildman–Crippen LogP) is 2.64. The summed E-state index contributed by atoms with van der Waals surface area (Å²) in [5, 5.41) is 11.6. The summed E-state index contributed by atoms with van der Waals surface area (Å²) in [5.41, 5.74) is 1.19. The van der Waals surface area contributed by atoms with Crippen molar-refractivity contribution in [1.82, 2.24) is 25.1 Å². The van der Waals surface area contributed by atoms with Crippen LogP contribution in [-0.2, 0) is 11.3 Å². The summed E-state index contributed by atoms with van der Waals surface area (Å²) in [5.74, 6) is 0.646. The van der Waals surface area contributed by atoms with Crippen molar-refractivity contribution in [3.8, 4) is 11.3 Å². The number of nitrogens with one attached hydrogen (secondary N) is 2. The van der Waals surface area contributed by atoms with Gasteiger partial charge in [-0.3, -0.25) is 9.67 Å². The summed E-state index contributed by atoms with van der Waals surface area (Å²) in [4.78, 5) is 9.22. The number of alkyl halides is 1. The van der Waals surface area contributed by atoms with Crippen LogP contribution >= 0.6 is 0 Å². The van der Waals surface area contributed by atoms with Crippen LogP contribution in [-0.4, -0.2) is 58.8 Å². The first kappa shape index (κ1) is 18.8. The number of aromatic nitrogens is 4. The Kier molecular flexibility index (Phi) is 5.50. The lowest BCUT2D eigenvalue weighted by atomic mass is 9.96. The Bertz CT molecular complexity index is 937. The number of rotatable bonds is 7. The van der Waals surface area contributed by atoms with Crippen LogP contribution in [0.15, 0.2) is 36.8 Å². The molecule has 1 aliphatic heterocycles. The van der Waals surface area contributed by atoms with Gasteiger partial charge in [0.05, 0.1) is 37.1 Å². The Morgan fingerprint density at radius 3 is 3.18 bits per heavy atom. The molecule has 7 nitrogen and oxygen atoms in total. The van der Waals surface area contributed by atoms with Gasteiger partial charge in [0, 0.05) is 37.0 Å². The quantitative estimate of drug-likeness (QED) is 0.652. The first-order valence-corrected chi connectivity index (χ1v) is 9.58. The zero-order chi connectivity index (χ0) is 19.4. The normalized spacial score (nSPS) is 19.8. The Balaban J connectivity index is 1.62. The molecule has 0 radical (unpaired) electrons. The summed E-state index contributed by atoms with van der Waals surface area (Å²) < 4.78 is 21.9. The summed E-state index contributed by atoms with van der Waals surface area (Å²) in [6.07, 6.45) is 6.85. The van der Waals surface area contributed by atoms with E-state index in [0.717, 1.165) is 35.1 Å². The first-order valence-electron chi connectivity index (χ1n) is 9.58. The van der Waals surface area contributed by atoms with Gasteiger partial charge in [-0.15, -0.1) is 0 Å². The summed E-state index contributed by atoms with van der Waals surface area (Å²) in [6, 6.07) is 5.75. The van der Waals surface area contributed by atoms with E-state index in [1.54, 1.807) is 19.5 Å². The molecule has 1 saturated heterocycles. The van der Waals surface area contributed by atoms with Crippen LogP contribution in [0.1, 0.15) is 12.8 Å². The molecule has 1 aliphatic rings. The Hall–Kier alpha value is -2.58. The minimum Gasteiger partial charge on any atom is -0.383 e. The van der Waals surface area contributed by atoms with Crippen LogP contribution in [0, 0.1) is 0 Å². The number of halogens is 1. The van der Waals surface area contributed by atoms with Crippen molar-refractivity contribution in [2.24, 2.45) is 0 Å². The van der Waals surface area contributed by atoms with Crippen LogP contribution in [0.2, 0.25) is 0 Å². The predicted molar refractivity (Wildman–Crippen MR) is 107 cm³/mol. The van der Waals surface area contributed by atoms with E-state index < -0.39 is 5.67 Å². The monoisotopic (exact) mass is 384 g/mol. The van der Waals surface area contributed by atoms with Crippen molar-refractivity contribution in [2.75, 3.05) is 38.7 Å². The van der Waals surface area contributed by atoms with E-state index >= 15 is 4.39 Å². The van der Waals surface area contributed by atoms with Gasteiger partial charge in [0.25, 0.3) is 0 Å². The Labute approximate surface area is 163 Å². The maximum atomic E-state index is 15.0. The molecule has 8 heteroatoms. The zero-order valence-corrected chi connectivity index (χ0v) is 16.0. The van der Waals surface area contributed by atoms with Gasteiger partial charge in [0.1, 0.15) is 11.5 Å². The smallest absolute Gasteiger partial charge is 0.140 e. The number of piperidine rings is 1. The maximum absolute atomic E-state index is 15.0. The third kappa shape index (κ3) is 4.13. The van der Waals surface area contributed by atoms with Crippen molar-refractivity contribution in [3.05, 3.63) is 36.8 Å². The summed E-state index contributed by atoms with van der Waals surface area (Å²) in [6.45, 7) is 2.72. The van der Waals surface area contributed by atoms with Crippen LogP contribution < -0.4 is 10.6 Å². The molecule has 4 heterocycles. The molecule has 28 heavy (non-hydrogen) atoms. The van der Waals surface area contributed by atoms with Gasteiger partial charge in [-0.2, -0.15) is 5.10 Å². The van der Waals surface area contributed by atoms with Gasteiger partial charge in [0.15, 0.2) is 0 Å². The second kappa shape index (κ2) is 8.20. The lowest BCUT2D eigenvalue weighted by Gasteiger charge is -2.30. The lowest BCUT2D eigenvalue weighted by molar-refractivity contribution is 0.137. The van der Waals surface area contributed by atoms with Crippen LogP contribution in [0.3, 0.4) is 0 Å². The van der Waals surface area contributed by atoms with Gasteiger partial charge >= 0.3 is 0 Å². The van der Waals surface area contributed by atoms with Gasteiger partial charge in [-0.05, 0) is 37.6 Å². The highest BCUT2D eigenvalue weighted by Crippen LogP contribution is 2.28. The number of pyridine rings is 2. The van der Waals surface area contributed by atoms with Crippen molar-refractivity contribution >= 4 is 16.7 Å². The zero-order valence-electron chi connectivity index (χ0n) is 16.0. The van der Waals surface area contributed by atoms with Gasteiger partial charge in [-0.1, -0.05) is 0 Å². The lowest BCUT2D eigenvalue weighted by Crippen LogP contribution is -2.46. The first-order chi connectivity index (χ1) is 13.7. The van der Waals surface area contributed by atoms with E-state index in [1.165, 1.54) is 0 Å². The maximum Gasteiger partial charge on any atom is 0.140 e. The third-order valence-corrected chi connectivity index (χ3v) is 5.05. The van der Waals surface area contributed by atoms with E-state index in [2.05, 4.69) is 20.7 Å². The highest BCUT2D eigenvalue weighted by Gasteiger charge is 2.31. The Morgan fingerprint density at radius 1 is 1.43 bits per heavy atom. The van der Waals surface area contributed by atoms with E-state index in [-0.39, 0.29) is 6.54 Å². The summed E-state index contributed by atoms with van der Waals surface area (Å²) in [7, 11) is 1.67. The number of ether oxygens (including phenoxy) is 1. The molecule has 0 bridgehead atoms. The molecule has 3 aromatic heterocycles. The van der Waals surface area contributed by atoms with Crippen molar-refractivity contribution in [3.63, 3.8) is 0 Å². The van der Waals surface area contributed by atoms with Crippen molar-refractivity contribution in [2.45, 2.75) is 25.1 Å². The molecular weight excluding hydrogens is 359 g/mol. The molecule has 0 unspecified atom stereocenters. The molecule has 2 N–H and O–H groups in total. The Morgan fingerprint density at radius 2 is 2.36 bits per heavy atom. The molecule has 4 rings (SSSR count). The standard InChI is InChI=1S/C20H25FN6O/c1-28-9-8-27-12-15(11-25-27)17-10-18-16(4-2-7-23-18)19(26-17)24-14-20(21)5-3-6-22-13-20/h2,4,7,10-12,22H,3,5-6,8-9,13-14H2,1H3,(H,24,26)/t20-/m0/s1. The average Bonchev–Trinajstić information content (AvgIpc) is 3.20. The molecule has 0 amide bonds. The van der Waals surface area contributed by atoms with Crippen LogP contribution in [0.5, 0.6) is 0 Å². The second-order valence-electron chi connectivity index (χ2n) is 7.20. The van der Waals surface area contributed by atoms with Crippen molar-refractivity contribution < 1.29 is 9.13 Å². The fourth-order valence-electron chi connectivity index (χ4n) is 3.48. The highest BCUT2D eigenvalue weighted by molar-refractivity contribution is 5.91. The number of methoxy groups -OCH3 is 1. The fraction of sp³-hybridized carbons (Fsp3) is 0.450. The minimum absolute atomic E-state index is 0.216. The van der Waals surface area contributed by atoms with Gasteiger partial charge in [0.2, 0.25) is 0 Å². The highest BCUT2D eigenvalue weighted by atomic mass is 19.1.